The Morgan fingerprint density at radius 3 is 2.21 bits per heavy atom. The second-order valence-corrected chi connectivity index (χ2v) is 8.71. The molecule has 1 unspecified atom stereocenters. The fourth-order valence-electron chi connectivity index (χ4n) is 3.66. The maximum atomic E-state index is 4.44. The van der Waals surface area contributed by atoms with Crippen LogP contribution >= 0.6 is 24.0 Å². The van der Waals surface area contributed by atoms with Gasteiger partial charge in [-0.25, -0.2) is 0 Å². The standard InChI is InChI=1S/C22H39N5.HI/c1-18(2)20(27-14-12-26(6)13-15-27)16-24-21(23-5)25-17-22(3,4)19-10-8-7-9-11-19;/h7-11,18,20H,12-17H2,1-6H3,(H2,23,24,25);1H. The van der Waals surface area contributed by atoms with E-state index in [1.165, 1.54) is 5.56 Å². The third-order valence-corrected chi connectivity index (χ3v) is 5.73. The van der Waals surface area contributed by atoms with E-state index in [0.29, 0.717) is 12.0 Å². The smallest absolute Gasteiger partial charge is 0.191 e. The van der Waals surface area contributed by atoms with E-state index >= 15 is 0 Å². The first-order valence-electron chi connectivity index (χ1n) is 10.3. The molecule has 5 nitrogen and oxygen atoms in total. The van der Waals surface area contributed by atoms with Crippen molar-refractivity contribution in [3.8, 4) is 0 Å². The van der Waals surface area contributed by atoms with Gasteiger partial charge in [0, 0.05) is 57.8 Å². The number of aliphatic imine (C=N–C) groups is 1. The van der Waals surface area contributed by atoms with Gasteiger partial charge in [0.15, 0.2) is 5.96 Å². The first-order chi connectivity index (χ1) is 12.8. The molecule has 2 rings (SSSR count). The van der Waals surface area contributed by atoms with Gasteiger partial charge in [0.05, 0.1) is 0 Å². The number of hydrogen-bond acceptors (Lipinski definition) is 3. The molecule has 1 heterocycles. The summed E-state index contributed by atoms with van der Waals surface area (Å²) in [6, 6.07) is 11.2. The molecule has 0 bridgehead atoms. The van der Waals surface area contributed by atoms with E-state index in [1.807, 2.05) is 7.05 Å². The zero-order valence-corrected chi connectivity index (χ0v) is 20.9. The number of nitrogens with one attached hydrogen (secondary N) is 2. The number of rotatable bonds is 7. The van der Waals surface area contributed by atoms with E-state index in [1.54, 1.807) is 0 Å². The molecule has 0 saturated carbocycles. The number of benzene rings is 1. The molecule has 160 valence electrons. The van der Waals surface area contributed by atoms with Gasteiger partial charge in [0.25, 0.3) is 0 Å². The SMILES string of the molecule is CN=C(NCC(C(C)C)N1CCN(C)CC1)NCC(C)(C)c1ccccc1.I. The van der Waals surface area contributed by atoms with E-state index in [0.717, 1.165) is 45.2 Å². The molecule has 0 radical (unpaired) electrons. The molecule has 0 amide bonds. The molecule has 0 aromatic heterocycles. The van der Waals surface area contributed by atoms with Crippen molar-refractivity contribution in [2.45, 2.75) is 39.2 Å². The summed E-state index contributed by atoms with van der Waals surface area (Å²) in [6.45, 7) is 15.5. The number of guanidine groups is 1. The van der Waals surface area contributed by atoms with Crippen LogP contribution in [0.4, 0.5) is 0 Å². The number of hydrogen-bond donors (Lipinski definition) is 2. The van der Waals surface area contributed by atoms with Crippen molar-refractivity contribution in [2.75, 3.05) is 53.4 Å². The highest BCUT2D eigenvalue weighted by atomic mass is 127. The van der Waals surface area contributed by atoms with Crippen LogP contribution in [0.15, 0.2) is 35.3 Å². The first-order valence-corrected chi connectivity index (χ1v) is 10.3. The Labute approximate surface area is 189 Å². The normalized spacial score (nSPS) is 17.9. The van der Waals surface area contributed by atoms with Crippen molar-refractivity contribution in [1.29, 1.82) is 0 Å². The highest BCUT2D eigenvalue weighted by molar-refractivity contribution is 14.0. The summed E-state index contributed by atoms with van der Waals surface area (Å²) < 4.78 is 0. The lowest BCUT2D eigenvalue weighted by Gasteiger charge is -2.40. The third kappa shape index (κ3) is 7.52. The summed E-state index contributed by atoms with van der Waals surface area (Å²) >= 11 is 0. The highest BCUT2D eigenvalue weighted by Crippen LogP contribution is 2.21. The molecule has 2 N–H and O–H groups in total. The predicted molar refractivity (Wildman–Crippen MR) is 132 cm³/mol. The summed E-state index contributed by atoms with van der Waals surface area (Å²) in [4.78, 5) is 9.47. The van der Waals surface area contributed by atoms with Crippen molar-refractivity contribution < 1.29 is 0 Å². The maximum absolute atomic E-state index is 4.44. The molecule has 1 aliphatic rings. The quantitative estimate of drug-likeness (QED) is 0.343. The maximum Gasteiger partial charge on any atom is 0.191 e. The first kappa shape index (κ1) is 25.2. The van der Waals surface area contributed by atoms with Crippen molar-refractivity contribution in [1.82, 2.24) is 20.4 Å². The lowest BCUT2D eigenvalue weighted by molar-refractivity contribution is 0.0900. The van der Waals surface area contributed by atoms with Crippen molar-refractivity contribution in [3.05, 3.63) is 35.9 Å². The van der Waals surface area contributed by atoms with E-state index in [9.17, 15) is 0 Å². The number of nitrogens with zero attached hydrogens (tertiary/aromatic N) is 3. The lowest BCUT2D eigenvalue weighted by Crippen LogP contribution is -2.55. The molecule has 1 aliphatic heterocycles. The topological polar surface area (TPSA) is 42.9 Å². The fourth-order valence-corrected chi connectivity index (χ4v) is 3.66. The van der Waals surface area contributed by atoms with Crippen LogP contribution in [0.5, 0.6) is 0 Å². The van der Waals surface area contributed by atoms with Crippen LogP contribution < -0.4 is 10.6 Å². The number of halogens is 1. The Balaban J connectivity index is 0.00000392. The Hall–Kier alpha value is -0.860. The zero-order valence-electron chi connectivity index (χ0n) is 18.5. The Bertz CT molecular complexity index is 580. The molecule has 1 atom stereocenters. The third-order valence-electron chi connectivity index (χ3n) is 5.73. The largest absolute Gasteiger partial charge is 0.356 e. The summed E-state index contributed by atoms with van der Waals surface area (Å²) in [5, 5.41) is 7.09. The van der Waals surface area contributed by atoms with E-state index in [4.69, 9.17) is 0 Å². The molecule has 6 heteroatoms. The van der Waals surface area contributed by atoms with Gasteiger partial charge in [-0.3, -0.25) is 9.89 Å². The van der Waals surface area contributed by atoms with Gasteiger partial charge < -0.3 is 15.5 Å². The van der Waals surface area contributed by atoms with Gasteiger partial charge in [0.2, 0.25) is 0 Å². The minimum Gasteiger partial charge on any atom is -0.356 e. The Kier molecular flexibility index (Phi) is 10.8. The van der Waals surface area contributed by atoms with E-state index in [2.05, 4.69) is 90.5 Å². The average molecular weight is 502 g/mol. The van der Waals surface area contributed by atoms with E-state index < -0.39 is 0 Å². The summed E-state index contributed by atoms with van der Waals surface area (Å²) in [6.07, 6.45) is 0. The molecular formula is C22H40IN5. The van der Waals surface area contributed by atoms with Gasteiger partial charge in [-0.1, -0.05) is 58.0 Å². The summed E-state index contributed by atoms with van der Waals surface area (Å²) in [5.74, 6) is 1.50. The van der Waals surface area contributed by atoms with Crippen LogP contribution in [-0.2, 0) is 5.41 Å². The van der Waals surface area contributed by atoms with Gasteiger partial charge in [-0.05, 0) is 18.5 Å². The molecule has 0 spiro atoms. The minimum atomic E-state index is 0. The van der Waals surface area contributed by atoms with Gasteiger partial charge >= 0.3 is 0 Å². The molecule has 0 aliphatic carbocycles. The van der Waals surface area contributed by atoms with Crippen LogP contribution in [0.3, 0.4) is 0 Å². The predicted octanol–water partition coefficient (Wildman–Crippen LogP) is 3.02. The van der Waals surface area contributed by atoms with Crippen LogP contribution in [0.2, 0.25) is 0 Å². The number of likely N-dealkylation sites (N-methyl/N-ethyl adjacent to an activating group) is 1. The van der Waals surface area contributed by atoms with Crippen LogP contribution in [0, 0.1) is 5.92 Å². The van der Waals surface area contributed by atoms with Gasteiger partial charge in [0.1, 0.15) is 0 Å². The average Bonchev–Trinajstić information content (AvgIpc) is 2.66. The van der Waals surface area contributed by atoms with E-state index in [-0.39, 0.29) is 29.4 Å². The second-order valence-electron chi connectivity index (χ2n) is 8.71. The molecule has 1 aromatic rings. The summed E-state index contributed by atoms with van der Waals surface area (Å²) in [7, 11) is 4.06. The van der Waals surface area contributed by atoms with Gasteiger partial charge in [-0.15, -0.1) is 24.0 Å². The molecule has 1 aromatic carbocycles. The number of piperazine rings is 1. The lowest BCUT2D eigenvalue weighted by atomic mass is 9.85. The van der Waals surface area contributed by atoms with Crippen LogP contribution in [0.1, 0.15) is 33.3 Å². The van der Waals surface area contributed by atoms with Crippen LogP contribution in [-0.4, -0.2) is 75.2 Å². The summed E-state index contributed by atoms with van der Waals surface area (Å²) in [5.41, 5.74) is 1.39. The molecular weight excluding hydrogens is 461 g/mol. The second kappa shape index (κ2) is 12.0. The highest BCUT2D eigenvalue weighted by Gasteiger charge is 2.25. The minimum absolute atomic E-state index is 0. The van der Waals surface area contributed by atoms with Crippen molar-refractivity contribution >= 4 is 29.9 Å². The molecule has 1 fully saturated rings. The monoisotopic (exact) mass is 501 g/mol. The Morgan fingerprint density at radius 2 is 1.68 bits per heavy atom. The van der Waals surface area contributed by atoms with Crippen molar-refractivity contribution in [2.24, 2.45) is 10.9 Å². The van der Waals surface area contributed by atoms with Crippen LogP contribution in [0.25, 0.3) is 0 Å². The fraction of sp³-hybridized carbons (Fsp3) is 0.682. The van der Waals surface area contributed by atoms with Gasteiger partial charge in [-0.2, -0.15) is 0 Å². The Morgan fingerprint density at radius 1 is 1.07 bits per heavy atom. The molecule has 28 heavy (non-hydrogen) atoms. The zero-order chi connectivity index (χ0) is 19.9. The molecule has 1 saturated heterocycles. The van der Waals surface area contributed by atoms with Crippen molar-refractivity contribution in [3.63, 3.8) is 0 Å².